The summed E-state index contributed by atoms with van der Waals surface area (Å²) in [6.45, 7) is 1.76. The maximum atomic E-state index is 12.0. The molecule has 0 aromatic heterocycles. The van der Waals surface area contributed by atoms with E-state index < -0.39 is 0 Å². The summed E-state index contributed by atoms with van der Waals surface area (Å²) in [6, 6.07) is 14.1. The van der Waals surface area contributed by atoms with Crippen molar-refractivity contribution in [3.63, 3.8) is 0 Å². The summed E-state index contributed by atoms with van der Waals surface area (Å²) in [4.78, 5) is 12.0. The molecule has 0 aliphatic heterocycles. The van der Waals surface area contributed by atoms with Crippen molar-refractivity contribution in [2.75, 3.05) is 33.5 Å². The van der Waals surface area contributed by atoms with Gasteiger partial charge in [0, 0.05) is 20.1 Å². The predicted octanol–water partition coefficient (Wildman–Crippen LogP) is 2.43. The molecule has 2 rings (SSSR count). The third-order valence-corrected chi connectivity index (χ3v) is 3.65. The van der Waals surface area contributed by atoms with Crippen LogP contribution in [0.15, 0.2) is 42.5 Å². The molecule has 1 amide bonds. The van der Waals surface area contributed by atoms with Crippen molar-refractivity contribution < 1.29 is 14.3 Å². The Bertz CT molecular complexity index is 636. The van der Waals surface area contributed by atoms with Gasteiger partial charge in [-0.1, -0.05) is 36.4 Å². The van der Waals surface area contributed by atoms with E-state index in [2.05, 4.69) is 23.5 Å². The van der Waals surface area contributed by atoms with Gasteiger partial charge in [-0.3, -0.25) is 4.79 Å². The molecule has 2 aromatic carbocycles. The predicted molar refractivity (Wildman–Crippen MR) is 98.4 cm³/mol. The van der Waals surface area contributed by atoms with Gasteiger partial charge in [0.1, 0.15) is 0 Å². The van der Waals surface area contributed by atoms with Crippen LogP contribution in [0.3, 0.4) is 0 Å². The fourth-order valence-electron chi connectivity index (χ4n) is 2.38. The van der Waals surface area contributed by atoms with Gasteiger partial charge in [-0.25, -0.2) is 0 Å². The second-order valence-corrected chi connectivity index (χ2v) is 5.32. The van der Waals surface area contributed by atoms with Crippen LogP contribution >= 0.6 is 12.4 Å². The van der Waals surface area contributed by atoms with Gasteiger partial charge < -0.3 is 20.5 Å². The highest BCUT2D eigenvalue weighted by Crippen LogP contribution is 2.20. The van der Waals surface area contributed by atoms with Crippen molar-refractivity contribution >= 4 is 29.1 Å². The van der Waals surface area contributed by atoms with Crippen molar-refractivity contribution in [2.45, 2.75) is 12.5 Å². The zero-order valence-corrected chi connectivity index (χ0v) is 14.7. The van der Waals surface area contributed by atoms with Crippen LogP contribution in [0.2, 0.25) is 0 Å². The maximum Gasteiger partial charge on any atom is 0.222 e. The monoisotopic (exact) mass is 352 g/mol. The van der Waals surface area contributed by atoms with E-state index in [9.17, 15) is 4.79 Å². The molecule has 0 spiro atoms. The third-order valence-electron chi connectivity index (χ3n) is 3.65. The first-order valence-corrected chi connectivity index (χ1v) is 7.79. The number of halogens is 1. The Balaban J connectivity index is 0.00000288. The number of hydrogen-bond acceptors (Lipinski definition) is 4. The Morgan fingerprint density at radius 1 is 1.12 bits per heavy atom. The van der Waals surface area contributed by atoms with E-state index in [0.29, 0.717) is 32.8 Å². The fourth-order valence-corrected chi connectivity index (χ4v) is 2.38. The molecular weight excluding hydrogens is 328 g/mol. The number of carbonyl (C=O) groups excluding carboxylic acids is 1. The van der Waals surface area contributed by atoms with Gasteiger partial charge in [-0.2, -0.15) is 0 Å². The number of fused-ring (bicyclic) bond motifs is 1. The molecule has 0 bridgehead atoms. The summed E-state index contributed by atoms with van der Waals surface area (Å²) in [5, 5.41) is 5.27. The molecule has 0 saturated heterocycles. The van der Waals surface area contributed by atoms with E-state index in [4.69, 9.17) is 15.2 Å². The number of nitrogens with two attached hydrogens (primary N) is 1. The van der Waals surface area contributed by atoms with Crippen LogP contribution in [0.1, 0.15) is 18.0 Å². The summed E-state index contributed by atoms with van der Waals surface area (Å²) in [5.74, 6) is -0.0639. The number of amides is 1. The summed E-state index contributed by atoms with van der Waals surface area (Å²) >= 11 is 0. The molecule has 6 heteroatoms. The van der Waals surface area contributed by atoms with Crippen molar-refractivity contribution in [1.82, 2.24) is 5.32 Å². The first kappa shape index (κ1) is 20.4. The van der Waals surface area contributed by atoms with Crippen LogP contribution < -0.4 is 11.1 Å². The molecule has 0 heterocycles. The van der Waals surface area contributed by atoms with E-state index in [0.717, 1.165) is 10.9 Å². The van der Waals surface area contributed by atoms with E-state index in [-0.39, 0.29) is 24.4 Å². The lowest BCUT2D eigenvalue weighted by molar-refractivity contribution is -0.123. The Kier molecular flexibility index (Phi) is 9.34. The van der Waals surface area contributed by atoms with E-state index in [1.165, 1.54) is 5.39 Å². The molecule has 0 aliphatic carbocycles. The smallest absolute Gasteiger partial charge is 0.222 e. The molecule has 1 unspecified atom stereocenters. The molecule has 0 radical (unpaired) electrons. The lowest BCUT2D eigenvalue weighted by atomic mass is 10.0. The number of ether oxygens (including phenoxy) is 2. The zero-order valence-electron chi connectivity index (χ0n) is 13.9. The van der Waals surface area contributed by atoms with E-state index in [1.54, 1.807) is 7.11 Å². The van der Waals surface area contributed by atoms with Gasteiger partial charge in [0.2, 0.25) is 5.91 Å². The van der Waals surface area contributed by atoms with Crippen LogP contribution in [-0.2, 0) is 14.3 Å². The SMILES string of the molecule is COCCOCCC(=O)NC(CN)c1ccc2ccccc2c1.Cl. The summed E-state index contributed by atoms with van der Waals surface area (Å²) in [6.07, 6.45) is 0.313. The minimum absolute atomic E-state index is 0. The normalized spacial score (nSPS) is 11.8. The quantitative estimate of drug-likeness (QED) is 0.680. The largest absolute Gasteiger partial charge is 0.382 e. The van der Waals surface area contributed by atoms with Crippen LogP contribution in [0.4, 0.5) is 0 Å². The zero-order chi connectivity index (χ0) is 16.5. The van der Waals surface area contributed by atoms with Gasteiger partial charge in [-0.05, 0) is 22.4 Å². The van der Waals surface area contributed by atoms with E-state index >= 15 is 0 Å². The Hall–Kier alpha value is -1.66. The molecular formula is C18H25ClN2O3. The van der Waals surface area contributed by atoms with Gasteiger partial charge in [0.25, 0.3) is 0 Å². The molecule has 5 nitrogen and oxygen atoms in total. The van der Waals surface area contributed by atoms with Crippen LogP contribution in [0.5, 0.6) is 0 Å². The highest BCUT2D eigenvalue weighted by molar-refractivity contribution is 5.85. The first-order valence-electron chi connectivity index (χ1n) is 7.79. The number of benzene rings is 2. The molecule has 0 aliphatic rings. The Morgan fingerprint density at radius 2 is 1.88 bits per heavy atom. The summed E-state index contributed by atoms with van der Waals surface area (Å²) < 4.78 is 10.2. The standard InChI is InChI=1S/C18H24N2O3.ClH/c1-22-10-11-23-9-8-18(21)20-17(13-19)16-7-6-14-4-2-3-5-15(14)12-16;/h2-7,12,17H,8-11,13,19H2,1H3,(H,20,21);1H. The van der Waals surface area contributed by atoms with Gasteiger partial charge >= 0.3 is 0 Å². The third kappa shape index (κ3) is 6.09. The van der Waals surface area contributed by atoms with Crippen LogP contribution in [0, 0.1) is 0 Å². The summed E-state index contributed by atoms with van der Waals surface area (Å²) in [5.41, 5.74) is 6.84. The average Bonchev–Trinajstić information content (AvgIpc) is 2.59. The van der Waals surface area contributed by atoms with Gasteiger partial charge in [0.05, 0.1) is 25.9 Å². The fraction of sp³-hybridized carbons (Fsp3) is 0.389. The van der Waals surface area contributed by atoms with Crippen molar-refractivity contribution in [3.8, 4) is 0 Å². The molecule has 1 atom stereocenters. The first-order chi connectivity index (χ1) is 11.2. The average molecular weight is 353 g/mol. The number of methoxy groups -OCH3 is 1. The van der Waals surface area contributed by atoms with Crippen LogP contribution in [-0.4, -0.2) is 39.4 Å². The van der Waals surface area contributed by atoms with Crippen molar-refractivity contribution in [1.29, 1.82) is 0 Å². The molecule has 0 fully saturated rings. The lowest BCUT2D eigenvalue weighted by Gasteiger charge is -2.18. The molecule has 0 saturated carbocycles. The second-order valence-electron chi connectivity index (χ2n) is 5.32. The molecule has 2 aromatic rings. The highest BCUT2D eigenvalue weighted by Gasteiger charge is 2.13. The highest BCUT2D eigenvalue weighted by atomic mass is 35.5. The Labute approximate surface area is 148 Å². The number of hydrogen-bond donors (Lipinski definition) is 2. The van der Waals surface area contributed by atoms with E-state index in [1.807, 2.05) is 24.3 Å². The number of nitrogens with one attached hydrogen (secondary N) is 1. The van der Waals surface area contributed by atoms with Crippen molar-refractivity contribution in [2.24, 2.45) is 5.73 Å². The number of carbonyl (C=O) groups is 1. The minimum atomic E-state index is -0.189. The Morgan fingerprint density at radius 3 is 2.58 bits per heavy atom. The van der Waals surface area contributed by atoms with Crippen molar-refractivity contribution in [3.05, 3.63) is 48.0 Å². The second kappa shape index (κ2) is 11.0. The maximum absolute atomic E-state index is 12.0. The van der Waals surface area contributed by atoms with Gasteiger partial charge in [0.15, 0.2) is 0 Å². The summed E-state index contributed by atoms with van der Waals surface area (Å²) in [7, 11) is 1.62. The molecule has 3 N–H and O–H groups in total. The molecule has 24 heavy (non-hydrogen) atoms. The van der Waals surface area contributed by atoms with Crippen LogP contribution in [0.25, 0.3) is 10.8 Å². The minimum Gasteiger partial charge on any atom is -0.382 e. The van der Waals surface area contributed by atoms with Gasteiger partial charge in [-0.15, -0.1) is 12.4 Å². The lowest BCUT2D eigenvalue weighted by Crippen LogP contribution is -2.33. The number of rotatable bonds is 9. The topological polar surface area (TPSA) is 73.6 Å². The molecule has 132 valence electrons.